The number of hydrogen-bond donors (Lipinski definition) is 2. The molecule has 1 heterocycles. The Morgan fingerprint density at radius 1 is 1.22 bits per heavy atom. The van der Waals surface area contributed by atoms with Crippen LogP contribution in [0.2, 0.25) is 0 Å². The van der Waals surface area contributed by atoms with Gasteiger partial charge in [0.2, 0.25) is 5.91 Å². The van der Waals surface area contributed by atoms with Crippen molar-refractivity contribution in [3.8, 4) is 0 Å². The van der Waals surface area contributed by atoms with Gasteiger partial charge >= 0.3 is 6.03 Å². The molecule has 1 saturated carbocycles. The minimum Gasteiger partial charge on any atom is -0.336 e. The van der Waals surface area contributed by atoms with E-state index in [1.807, 2.05) is 36.9 Å². The van der Waals surface area contributed by atoms with Crippen molar-refractivity contribution >= 4 is 23.3 Å². The first-order valence-electron chi connectivity index (χ1n) is 8.56. The zero-order chi connectivity index (χ0) is 16.4. The van der Waals surface area contributed by atoms with Crippen molar-refractivity contribution in [2.24, 2.45) is 5.92 Å². The summed E-state index contributed by atoms with van der Waals surface area (Å²) in [5.74, 6) is 0.437. The highest BCUT2D eigenvalue weighted by molar-refractivity contribution is 5.98. The van der Waals surface area contributed by atoms with E-state index in [1.54, 1.807) is 0 Å². The summed E-state index contributed by atoms with van der Waals surface area (Å²) in [6.45, 7) is 4.60. The van der Waals surface area contributed by atoms with E-state index in [-0.39, 0.29) is 23.9 Å². The number of carbonyl (C=O) groups is 2. The van der Waals surface area contributed by atoms with Gasteiger partial charge in [0.05, 0.1) is 0 Å². The molecule has 23 heavy (non-hydrogen) atoms. The van der Waals surface area contributed by atoms with Gasteiger partial charge in [0.15, 0.2) is 0 Å². The van der Waals surface area contributed by atoms with Crippen LogP contribution in [0.1, 0.15) is 45.1 Å². The highest BCUT2D eigenvalue weighted by Crippen LogP contribution is 2.35. The van der Waals surface area contributed by atoms with E-state index in [9.17, 15) is 9.59 Å². The van der Waals surface area contributed by atoms with Crippen molar-refractivity contribution in [1.29, 1.82) is 0 Å². The molecule has 0 unspecified atom stereocenters. The molecule has 0 bridgehead atoms. The van der Waals surface area contributed by atoms with Crippen LogP contribution in [-0.2, 0) is 11.2 Å². The van der Waals surface area contributed by atoms with Crippen LogP contribution in [-0.4, -0.2) is 24.5 Å². The zero-order valence-electron chi connectivity index (χ0n) is 13.9. The zero-order valence-corrected chi connectivity index (χ0v) is 13.9. The molecule has 0 spiro atoms. The summed E-state index contributed by atoms with van der Waals surface area (Å²) < 4.78 is 0. The normalized spacial score (nSPS) is 17.4. The van der Waals surface area contributed by atoms with E-state index in [4.69, 9.17) is 0 Å². The molecule has 2 N–H and O–H groups in total. The Labute approximate surface area is 137 Å². The van der Waals surface area contributed by atoms with Gasteiger partial charge in [-0.15, -0.1) is 0 Å². The number of hydrogen-bond acceptors (Lipinski definition) is 2. The van der Waals surface area contributed by atoms with Gasteiger partial charge in [-0.1, -0.05) is 18.9 Å². The van der Waals surface area contributed by atoms with Crippen molar-refractivity contribution in [3.05, 3.63) is 23.8 Å². The van der Waals surface area contributed by atoms with Gasteiger partial charge in [0, 0.05) is 29.9 Å². The maximum atomic E-state index is 12.7. The topological polar surface area (TPSA) is 61.4 Å². The van der Waals surface area contributed by atoms with Crippen molar-refractivity contribution in [2.75, 3.05) is 16.8 Å². The van der Waals surface area contributed by atoms with Crippen molar-refractivity contribution in [2.45, 2.75) is 52.0 Å². The number of nitrogens with zero attached hydrogens (tertiary/aromatic N) is 1. The third-order valence-electron chi connectivity index (χ3n) is 4.63. The van der Waals surface area contributed by atoms with Gasteiger partial charge in [-0.3, -0.25) is 4.79 Å². The minimum atomic E-state index is -0.216. The fourth-order valence-corrected chi connectivity index (χ4v) is 3.51. The summed E-state index contributed by atoms with van der Waals surface area (Å²) >= 11 is 0. The summed E-state index contributed by atoms with van der Waals surface area (Å²) in [6.07, 6.45) is 5.24. The number of amides is 3. The molecular formula is C18H25N3O2. The molecule has 5 nitrogen and oxygen atoms in total. The van der Waals surface area contributed by atoms with Crippen LogP contribution in [0, 0.1) is 5.92 Å². The number of fused-ring (bicyclic) bond motifs is 1. The summed E-state index contributed by atoms with van der Waals surface area (Å²) in [6, 6.07) is 5.72. The maximum absolute atomic E-state index is 12.7. The van der Waals surface area contributed by atoms with E-state index in [0.717, 1.165) is 50.0 Å². The van der Waals surface area contributed by atoms with E-state index >= 15 is 0 Å². The highest BCUT2D eigenvalue weighted by Gasteiger charge is 2.31. The Hall–Kier alpha value is -2.04. The third-order valence-corrected chi connectivity index (χ3v) is 4.63. The largest absolute Gasteiger partial charge is 0.336 e. The molecule has 124 valence electrons. The van der Waals surface area contributed by atoms with E-state index in [2.05, 4.69) is 10.6 Å². The van der Waals surface area contributed by atoms with E-state index < -0.39 is 0 Å². The number of anilines is 2. The number of benzene rings is 1. The van der Waals surface area contributed by atoms with E-state index in [1.165, 1.54) is 5.56 Å². The quantitative estimate of drug-likeness (QED) is 0.899. The van der Waals surface area contributed by atoms with Crippen LogP contribution in [0.25, 0.3) is 0 Å². The Balaban J connectivity index is 1.74. The molecular weight excluding hydrogens is 290 g/mol. The first kappa shape index (κ1) is 15.8. The van der Waals surface area contributed by atoms with Crippen LogP contribution in [0.3, 0.4) is 0 Å². The fourth-order valence-electron chi connectivity index (χ4n) is 3.51. The molecule has 1 aromatic rings. The SMILES string of the molecule is CC(C)NC(=O)Nc1ccc2c(c1)N(C(=O)C1CCCC1)CC2. The van der Waals surface area contributed by atoms with Crippen molar-refractivity contribution < 1.29 is 9.59 Å². The van der Waals surface area contributed by atoms with E-state index in [0.29, 0.717) is 0 Å². The first-order chi connectivity index (χ1) is 11.0. The molecule has 0 atom stereocenters. The van der Waals surface area contributed by atoms with Gasteiger partial charge in [-0.05, 0) is 50.8 Å². The standard InChI is InChI=1S/C18H25N3O2/c1-12(2)19-18(23)20-15-8-7-13-9-10-21(16(13)11-15)17(22)14-5-3-4-6-14/h7-8,11-12,14H,3-6,9-10H2,1-2H3,(H2,19,20,23). The fraction of sp³-hybridized carbons (Fsp3) is 0.556. The first-order valence-corrected chi connectivity index (χ1v) is 8.56. The predicted molar refractivity (Wildman–Crippen MR) is 91.7 cm³/mol. The number of carbonyl (C=O) groups excluding carboxylic acids is 2. The molecule has 0 radical (unpaired) electrons. The average molecular weight is 315 g/mol. The minimum absolute atomic E-state index is 0.0878. The summed E-state index contributed by atoms with van der Waals surface area (Å²) in [7, 11) is 0. The van der Waals surface area contributed by atoms with Crippen LogP contribution in [0.15, 0.2) is 18.2 Å². The second-order valence-corrected chi connectivity index (χ2v) is 6.82. The number of rotatable bonds is 3. The van der Waals surface area contributed by atoms with Crippen LogP contribution < -0.4 is 15.5 Å². The van der Waals surface area contributed by atoms with Gasteiger partial charge in [-0.2, -0.15) is 0 Å². The Kier molecular flexibility index (Phi) is 4.55. The average Bonchev–Trinajstić information content (AvgIpc) is 3.15. The summed E-state index contributed by atoms with van der Waals surface area (Å²) in [5.41, 5.74) is 2.88. The summed E-state index contributed by atoms with van der Waals surface area (Å²) in [4.78, 5) is 26.5. The van der Waals surface area contributed by atoms with Crippen molar-refractivity contribution in [3.63, 3.8) is 0 Å². The lowest BCUT2D eigenvalue weighted by molar-refractivity contribution is -0.122. The smallest absolute Gasteiger partial charge is 0.319 e. The number of nitrogens with one attached hydrogen (secondary N) is 2. The molecule has 0 aromatic heterocycles. The molecule has 3 amide bonds. The van der Waals surface area contributed by atoms with Crippen molar-refractivity contribution in [1.82, 2.24) is 5.32 Å². The molecule has 1 aliphatic carbocycles. The highest BCUT2D eigenvalue weighted by atomic mass is 16.2. The third kappa shape index (κ3) is 3.49. The van der Waals surface area contributed by atoms with Crippen LogP contribution in [0.5, 0.6) is 0 Å². The Morgan fingerprint density at radius 2 is 1.96 bits per heavy atom. The second-order valence-electron chi connectivity index (χ2n) is 6.82. The monoisotopic (exact) mass is 315 g/mol. The maximum Gasteiger partial charge on any atom is 0.319 e. The summed E-state index contributed by atoms with van der Waals surface area (Å²) in [5, 5.41) is 5.65. The molecule has 1 aromatic carbocycles. The van der Waals surface area contributed by atoms with Gasteiger partial charge in [0.25, 0.3) is 0 Å². The van der Waals surface area contributed by atoms with Crippen LogP contribution in [0.4, 0.5) is 16.2 Å². The molecule has 1 fully saturated rings. The van der Waals surface area contributed by atoms with Gasteiger partial charge in [0.1, 0.15) is 0 Å². The molecule has 1 aliphatic heterocycles. The predicted octanol–water partition coefficient (Wildman–Crippen LogP) is 3.30. The lowest BCUT2D eigenvalue weighted by Gasteiger charge is -2.22. The molecule has 5 heteroatoms. The van der Waals surface area contributed by atoms with Crippen LogP contribution >= 0.6 is 0 Å². The van der Waals surface area contributed by atoms with Gasteiger partial charge < -0.3 is 15.5 Å². The molecule has 2 aliphatic rings. The lowest BCUT2D eigenvalue weighted by atomic mass is 10.1. The number of urea groups is 1. The molecule has 3 rings (SSSR count). The lowest BCUT2D eigenvalue weighted by Crippen LogP contribution is -2.35. The Morgan fingerprint density at radius 3 is 2.65 bits per heavy atom. The van der Waals surface area contributed by atoms with Gasteiger partial charge in [-0.25, -0.2) is 4.79 Å². The Bertz CT molecular complexity index is 606. The molecule has 0 saturated heterocycles. The second kappa shape index (κ2) is 6.60.